The van der Waals surface area contributed by atoms with E-state index in [0.717, 1.165) is 5.52 Å². The van der Waals surface area contributed by atoms with Crippen LogP contribution in [0.1, 0.15) is 44.1 Å². The zero-order valence-corrected chi connectivity index (χ0v) is 14.7. The lowest BCUT2D eigenvalue weighted by molar-refractivity contribution is -0.122. The van der Waals surface area contributed by atoms with Crippen LogP contribution in [0.5, 0.6) is 0 Å². The number of unbranched alkanes of at least 4 members (excludes halogenated alkanes) is 1. The standard InChI is InChI=1S/C18H23N5O2/c1-18(2,3)15(16(20)24)21-17(25)14-12-8-4-5-9-13(12)23(22-14)11-7-6-10-19/h4-5,8-9,15H,6-7,11H2,1-3H3,(H2,20,24)(H,21,25)/t15-/m1/s1. The van der Waals surface area contributed by atoms with Crippen molar-refractivity contribution in [2.24, 2.45) is 11.1 Å². The van der Waals surface area contributed by atoms with Crippen molar-refractivity contribution < 1.29 is 9.59 Å². The van der Waals surface area contributed by atoms with Crippen molar-refractivity contribution >= 4 is 22.7 Å². The van der Waals surface area contributed by atoms with Gasteiger partial charge < -0.3 is 11.1 Å². The van der Waals surface area contributed by atoms with Crippen molar-refractivity contribution in [1.29, 1.82) is 5.26 Å². The summed E-state index contributed by atoms with van der Waals surface area (Å²) in [5.41, 5.74) is 6.00. The molecule has 0 spiro atoms. The van der Waals surface area contributed by atoms with Crippen LogP contribution in [0.3, 0.4) is 0 Å². The Morgan fingerprint density at radius 2 is 2.04 bits per heavy atom. The minimum Gasteiger partial charge on any atom is -0.368 e. The molecule has 0 unspecified atom stereocenters. The first-order chi connectivity index (χ1) is 11.8. The average molecular weight is 341 g/mol. The first-order valence-corrected chi connectivity index (χ1v) is 8.18. The molecule has 0 bridgehead atoms. The third-order valence-electron chi connectivity index (χ3n) is 3.96. The van der Waals surface area contributed by atoms with E-state index < -0.39 is 23.3 Å². The Hall–Kier alpha value is -2.88. The Morgan fingerprint density at radius 1 is 1.36 bits per heavy atom. The predicted octanol–water partition coefficient (Wildman–Crippen LogP) is 1.97. The van der Waals surface area contributed by atoms with Gasteiger partial charge in [-0.3, -0.25) is 14.3 Å². The van der Waals surface area contributed by atoms with E-state index in [1.165, 1.54) is 0 Å². The largest absolute Gasteiger partial charge is 0.368 e. The van der Waals surface area contributed by atoms with Crippen LogP contribution in [0.25, 0.3) is 10.9 Å². The summed E-state index contributed by atoms with van der Waals surface area (Å²) in [7, 11) is 0. The lowest BCUT2D eigenvalue weighted by Crippen LogP contribution is -2.52. The molecule has 0 aliphatic heterocycles. The van der Waals surface area contributed by atoms with Crippen LogP contribution in [-0.2, 0) is 11.3 Å². The van der Waals surface area contributed by atoms with E-state index in [9.17, 15) is 9.59 Å². The first kappa shape index (κ1) is 18.5. The van der Waals surface area contributed by atoms with Crippen LogP contribution in [-0.4, -0.2) is 27.6 Å². The predicted molar refractivity (Wildman–Crippen MR) is 94.5 cm³/mol. The normalized spacial score (nSPS) is 12.6. The number of nitrogens with two attached hydrogens (primary N) is 1. The molecular formula is C18H23N5O2. The Labute approximate surface area is 146 Å². The van der Waals surface area contributed by atoms with Crippen LogP contribution in [0, 0.1) is 16.7 Å². The number of benzene rings is 1. The van der Waals surface area contributed by atoms with Gasteiger partial charge in [-0.25, -0.2) is 0 Å². The number of para-hydroxylation sites is 1. The van der Waals surface area contributed by atoms with E-state index in [2.05, 4.69) is 16.5 Å². The second kappa shape index (κ2) is 7.34. The molecule has 2 rings (SSSR count). The number of nitrogens with zero attached hydrogens (tertiary/aromatic N) is 3. The molecule has 7 heteroatoms. The fourth-order valence-corrected chi connectivity index (χ4v) is 2.69. The van der Waals surface area contributed by atoms with E-state index in [-0.39, 0.29) is 5.69 Å². The smallest absolute Gasteiger partial charge is 0.273 e. The fourth-order valence-electron chi connectivity index (χ4n) is 2.69. The molecule has 0 aliphatic rings. The maximum atomic E-state index is 12.7. The molecular weight excluding hydrogens is 318 g/mol. The Balaban J connectivity index is 2.35. The van der Waals surface area contributed by atoms with Gasteiger partial charge in [-0.05, 0) is 17.9 Å². The molecule has 1 aromatic heterocycles. The Kier molecular flexibility index (Phi) is 5.42. The van der Waals surface area contributed by atoms with Crippen LogP contribution in [0.4, 0.5) is 0 Å². The molecule has 3 N–H and O–H groups in total. The molecule has 0 radical (unpaired) electrons. The van der Waals surface area contributed by atoms with Gasteiger partial charge in [0, 0.05) is 18.4 Å². The van der Waals surface area contributed by atoms with Gasteiger partial charge in [0.25, 0.3) is 5.91 Å². The molecule has 0 aliphatic carbocycles. The molecule has 1 atom stereocenters. The second-order valence-electron chi connectivity index (χ2n) is 7.03. The first-order valence-electron chi connectivity index (χ1n) is 8.18. The molecule has 2 aromatic rings. The number of primary amides is 1. The van der Waals surface area contributed by atoms with Crippen molar-refractivity contribution in [3.05, 3.63) is 30.0 Å². The number of nitrogens with one attached hydrogen (secondary N) is 1. The second-order valence-corrected chi connectivity index (χ2v) is 7.03. The summed E-state index contributed by atoms with van der Waals surface area (Å²) in [5.74, 6) is -1.02. The van der Waals surface area contributed by atoms with Crippen LogP contribution >= 0.6 is 0 Å². The Bertz CT molecular complexity index is 826. The number of carbonyl (C=O) groups is 2. The number of rotatable bonds is 6. The highest BCUT2D eigenvalue weighted by Gasteiger charge is 2.32. The summed E-state index contributed by atoms with van der Waals surface area (Å²) < 4.78 is 1.72. The highest BCUT2D eigenvalue weighted by molar-refractivity contribution is 6.06. The van der Waals surface area contributed by atoms with Gasteiger partial charge in [0.1, 0.15) is 6.04 Å². The zero-order valence-electron chi connectivity index (χ0n) is 14.7. The minimum absolute atomic E-state index is 0.253. The average Bonchev–Trinajstić information content (AvgIpc) is 2.90. The van der Waals surface area contributed by atoms with Gasteiger partial charge in [-0.2, -0.15) is 10.4 Å². The summed E-state index contributed by atoms with van der Waals surface area (Å²) >= 11 is 0. The van der Waals surface area contributed by atoms with Crippen molar-refractivity contribution in [3.8, 4) is 6.07 Å². The van der Waals surface area contributed by atoms with Crippen molar-refractivity contribution in [2.45, 2.75) is 46.2 Å². The number of hydrogen-bond acceptors (Lipinski definition) is 4. The summed E-state index contributed by atoms with van der Waals surface area (Å²) in [6.45, 7) is 6.05. The number of aromatic nitrogens is 2. The molecule has 1 heterocycles. The summed E-state index contributed by atoms with van der Waals surface area (Å²) in [4.78, 5) is 24.4. The van der Waals surface area contributed by atoms with E-state index in [1.54, 1.807) is 4.68 Å². The van der Waals surface area contributed by atoms with Gasteiger partial charge in [0.2, 0.25) is 5.91 Å². The van der Waals surface area contributed by atoms with Gasteiger partial charge in [0.15, 0.2) is 5.69 Å². The number of amides is 2. The van der Waals surface area contributed by atoms with Crippen molar-refractivity contribution in [2.75, 3.05) is 0 Å². The zero-order chi connectivity index (χ0) is 18.6. The third-order valence-corrected chi connectivity index (χ3v) is 3.96. The van der Waals surface area contributed by atoms with Gasteiger partial charge in [-0.15, -0.1) is 0 Å². The maximum Gasteiger partial charge on any atom is 0.273 e. The summed E-state index contributed by atoms with van der Waals surface area (Å²) in [6.07, 6.45) is 1.07. The Morgan fingerprint density at radius 3 is 2.64 bits per heavy atom. The number of fused-ring (bicyclic) bond motifs is 1. The van der Waals surface area contributed by atoms with Crippen LogP contribution in [0.15, 0.2) is 24.3 Å². The highest BCUT2D eigenvalue weighted by atomic mass is 16.2. The highest BCUT2D eigenvalue weighted by Crippen LogP contribution is 2.22. The van der Waals surface area contributed by atoms with E-state index in [4.69, 9.17) is 11.0 Å². The lowest BCUT2D eigenvalue weighted by Gasteiger charge is -2.28. The lowest BCUT2D eigenvalue weighted by atomic mass is 9.86. The summed E-state index contributed by atoms with van der Waals surface area (Å²) in [5, 5.41) is 16.5. The molecule has 0 fully saturated rings. The van der Waals surface area contributed by atoms with E-state index >= 15 is 0 Å². The fraction of sp³-hybridized carbons (Fsp3) is 0.444. The molecule has 132 valence electrons. The van der Waals surface area contributed by atoms with E-state index in [1.807, 2.05) is 45.0 Å². The molecule has 2 amide bonds. The van der Waals surface area contributed by atoms with Gasteiger partial charge >= 0.3 is 0 Å². The minimum atomic E-state index is -0.803. The number of carbonyl (C=O) groups excluding carboxylic acids is 2. The van der Waals surface area contributed by atoms with E-state index in [0.29, 0.717) is 24.8 Å². The number of aryl methyl sites for hydroxylation is 1. The molecule has 0 saturated carbocycles. The van der Waals surface area contributed by atoms with Gasteiger partial charge in [-0.1, -0.05) is 39.0 Å². The topological polar surface area (TPSA) is 114 Å². The third kappa shape index (κ3) is 4.15. The number of nitriles is 1. The van der Waals surface area contributed by atoms with Gasteiger partial charge in [0.05, 0.1) is 11.6 Å². The molecule has 0 saturated heterocycles. The quantitative estimate of drug-likeness (QED) is 0.782. The molecule has 7 nitrogen and oxygen atoms in total. The maximum absolute atomic E-state index is 12.7. The molecule has 1 aromatic carbocycles. The number of hydrogen-bond donors (Lipinski definition) is 2. The SMILES string of the molecule is CC(C)(C)[C@H](NC(=O)c1nn(CCCC#N)c2ccccc12)C(N)=O. The summed E-state index contributed by atoms with van der Waals surface area (Å²) in [6, 6.07) is 8.68. The van der Waals surface area contributed by atoms with Crippen LogP contribution in [0.2, 0.25) is 0 Å². The van der Waals surface area contributed by atoms with Crippen molar-refractivity contribution in [1.82, 2.24) is 15.1 Å². The van der Waals surface area contributed by atoms with Crippen molar-refractivity contribution in [3.63, 3.8) is 0 Å². The van der Waals surface area contributed by atoms with Crippen LogP contribution < -0.4 is 11.1 Å². The molecule has 25 heavy (non-hydrogen) atoms. The monoisotopic (exact) mass is 341 g/mol.